The zero-order valence-electron chi connectivity index (χ0n) is 44.0. The lowest BCUT2D eigenvalue weighted by atomic mass is 10.0. The molecule has 2 aromatic heterocycles. The van der Waals surface area contributed by atoms with Gasteiger partial charge in [0.15, 0.2) is 11.6 Å². The minimum absolute atomic E-state index is 0.186. The van der Waals surface area contributed by atoms with Crippen LogP contribution in [0, 0.1) is 23.5 Å². The molecular formula is C56H64F5N11O6. The number of halogens is 5. The van der Waals surface area contributed by atoms with Crippen LogP contribution in [0.15, 0.2) is 72.8 Å². The molecule has 414 valence electrons. The Kier molecular flexibility index (Phi) is 14.9. The van der Waals surface area contributed by atoms with E-state index in [0.29, 0.717) is 103 Å². The Morgan fingerprint density at radius 3 is 1.55 bits per heavy atom. The zero-order valence-corrected chi connectivity index (χ0v) is 44.0. The SMILES string of the molecule is COC(=O)N[C@H](C(=O)N1CCCC1c1nc2ccc([C@H]3CC[C@H](c4ccc5nc([C@@H]6CCCN6C(=O)[C@@H](NC(=O)O)C(C)C)[nH]c5c4)N3c3cc(F)c(N4CCN(c5ccc(C(F)(F)F)cc5)CC4)c(F)c3)cc2[nH]1)C(C)C. The minimum atomic E-state index is -4.47. The number of carboxylic acid groups (broad SMARTS) is 1. The first-order chi connectivity index (χ1) is 37.3. The van der Waals surface area contributed by atoms with Crippen LogP contribution in [0.25, 0.3) is 22.1 Å². The summed E-state index contributed by atoms with van der Waals surface area (Å²) in [5.74, 6) is -1.39. The molecule has 0 aliphatic carbocycles. The third-order valence-electron chi connectivity index (χ3n) is 16.0. The number of likely N-dealkylation sites (tertiary alicyclic amines) is 2. The molecule has 6 atom stereocenters. The summed E-state index contributed by atoms with van der Waals surface area (Å²) in [6, 6.07) is 16.0. The molecule has 4 aromatic carbocycles. The second kappa shape index (κ2) is 21.6. The lowest BCUT2D eigenvalue weighted by Gasteiger charge is -2.38. The van der Waals surface area contributed by atoms with Crippen LogP contribution in [0.2, 0.25) is 0 Å². The second-order valence-electron chi connectivity index (χ2n) is 21.5. The van der Waals surface area contributed by atoms with Gasteiger partial charge in [0, 0.05) is 50.6 Å². The van der Waals surface area contributed by atoms with Crippen LogP contribution in [0.1, 0.15) is 119 Å². The highest BCUT2D eigenvalue weighted by Gasteiger charge is 2.41. The third-order valence-corrected chi connectivity index (χ3v) is 16.0. The number of aromatic amines is 2. The van der Waals surface area contributed by atoms with E-state index in [-0.39, 0.29) is 60.6 Å². The Balaban J connectivity index is 0.959. The number of carbonyl (C=O) groups excluding carboxylic acids is 3. The van der Waals surface area contributed by atoms with Gasteiger partial charge in [-0.3, -0.25) is 9.59 Å². The van der Waals surface area contributed by atoms with Gasteiger partial charge in [0.1, 0.15) is 29.4 Å². The molecule has 78 heavy (non-hydrogen) atoms. The molecule has 4 amide bonds. The molecule has 4 saturated heterocycles. The first-order valence-corrected chi connectivity index (χ1v) is 26.7. The van der Waals surface area contributed by atoms with Crippen molar-refractivity contribution in [2.24, 2.45) is 11.8 Å². The molecule has 4 fully saturated rings. The molecule has 10 rings (SSSR count). The standard InChI is InChI=1S/C56H64F5N11O6/c1-30(2)47(66-54(75)76)52(73)70-20-6-8-45(70)50-62-39-16-10-32(26-41(39)64-50)43-18-19-44(33-11-17-40-42(27-33)65-51(63-40)46-9-7-21-71(46)53(74)48(31(3)4)67-55(77)78-5)72(43)36-28-37(57)49(38(58)29-36)69-24-22-68(23-25-69)35-14-12-34(13-15-35)56(59,60)61/h10-17,26-31,43-48,66H,6-9,18-25H2,1-5H3,(H,62,64)(H,63,65)(H,67,77)(H,75,76)/t43-,44-,45+,46?,47+,48+/m1/s1. The predicted octanol–water partition coefficient (Wildman–Crippen LogP) is 10.1. The quantitative estimate of drug-likeness (QED) is 0.0691. The van der Waals surface area contributed by atoms with Crippen LogP contribution in [-0.4, -0.2) is 117 Å². The van der Waals surface area contributed by atoms with Crippen molar-refractivity contribution in [3.8, 4) is 0 Å². The van der Waals surface area contributed by atoms with E-state index in [1.807, 2.05) is 60.0 Å². The Morgan fingerprint density at radius 1 is 0.628 bits per heavy atom. The lowest BCUT2D eigenvalue weighted by molar-refractivity contribution is -0.138. The largest absolute Gasteiger partial charge is 0.465 e. The number of H-pyrrole nitrogens is 2. The van der Waals surface area contributed by atoms with Crippen molar-refractivity contribution >= 4 is 63.1 Å². The van der Waals surface area contributed by atoms with Crippen LogP contribution >= 0.6 is 0 Å². The van der Waals surface area contributed by atoms with Crippen molar-refractivity contribution in [3.63, 3.8) is 0 Å². The Morgan fingerprint density at radius 2 is 1.10 bits per heavy atom. The second-order valence-corrected chi connectivity index (χ2v) is 21.5. The number of fused-ring (bicyclic) bond motifs is 2. The Labute approximate surface area is 447 Å². The van der Waals surface area contributed by atoms with Crippen LogP contribution in [0.4, 0.5) is 48.6 Å². The molecule has 0 saturated carbocycles. The normalized spacial score (nSPS) is 20.8. The number of alkyl carbamates (subject to hydrolysis) is 1. The zero-order chi connectivity index (χ0) is 55.3. The molecular weight excluding hydrogens is 1020 g/mol. The number of rotatable bonds is 13. The molecule has 0 spiro atoms. The fourth-order valence-electron chi connectivity index (χ4n) is 12.0. The molecule has 4 aliphatic heterocycles. The van der Waals surface area contributed by atoms with Gasteiger partial charge >= 0.3 is 18.4 Å². The van der Waals surface area contributed by atoms with E-state index < -0.39 is 53.7 Å². The number of alkyl halides is 3. The van der Waals surface area contributed by atoms with Gasteiger partial charge in [0.05, 0.1) is 58.9 Å². The number of benzene rings is 4. The third kappa shape index (κ3) is 10.6. The van der Waals surface area contributed by atoms with Crippen LogP contribution in [0.5, 0.6) is 0 Å². The van der Waals surface area contributed by atoms with Crippen LogP contribution < -0.4 is 25.3 Å². The smallest absolute Gasteiger partial charge is 0.416 e. The number of anilines is 3. The number of hydrogen-bond donors (Lipinski definition) is 5. The summed E-state index contributed by atoms with van der Waals surface area (Å²) in [5, 5.41) is 14.6. The van der Waals surface area contributed by atoms with Crippen molar-refractivity contribution in [3.05, 3.63) is 113 Å². The van der Waals surface area contributed by atoms with Crippen molar-refractivity contribution in [2.45, 2.75) is 109 Å². The number of ether oxygens (including phenoxy) is 1. The highest BCUT2D eigenvalue weighted by molar-refractivity contribution is 5.87. The molecule has 0 radical (unpaired) electrons. The van der Waals surface area contributed by atoms with E-state index in [1.54, 1.807) is 28.5 Å². The maximum absolute atomic E-state index is 16.8. The van der Waals surface area contributed by atoms with Gasteiger partial charge in [0.25, 0.3) is 0 Å². The molecule has 17 nitrogen and oxygen atoms in total. The van der Waals surface area contributed by atoms with Gasteiger partial charge in [-0.1, -0.05) is 39.8 Å². The van der Waals surface area contributed by atoms with E-state index in [4.69, 9.17) is 14.7 Å². The first kappa shape index (κ1) is 53.7. The number of hydrogen-bond acceptors (Lipinski definition) is 10. The summed E-state index contributed by atoms with van der Waals surface area (Å²) in [4.78, 5) is 77.5. The summed E-state index contributed by atoms with van der Waals surface area (Å²) < 4.78 is 78.3. The number of methoxy groups -OCH3 is 1. The van der Waals surface area contributed by atoms with Crippen molar-refractivity contribution in [1.29, 1.82) is 0 Å². The summed E-state index contributed by atoms with van der Waals surface area (Å²) in [6.45, 7) is 9.32. The highest BCUT2D eigenvalue weighted by atomic mass is 19.4. The van der Waals surface area contributed by atoms with E-state index >= 15 is 8.78 Å². The maximum Gasteiger partial charge on any atom is 0.416 e. The molecule has 1 unspecified atom stereocenters. The van der Waals surface area contributed by atoms with Gasteiger partial charge in [-0.05, 0) is 122 Å². The van der Waals surface area contributed by atoms with E-state index in [9.17, 15) is 37.5 Å². The molecule has 5 N–H and O–H groups in total. The van der Waals surface area contributed by atoms with Crippen molar-refractivity contribution in [2.75, 3.05) is 61.1 Å². The summed E-state index contributed by atoms with van der Waals surface area (Å²) in [5.41, 5.74) is 4.40. The number of piperazine rings is 1. The monoisotopic (exact) mass is 1080 g/mol. The number of nitrogens with one attached hydrogen (secondary N) is 4. The summed E-state index contributed by atoms with van der Waals surface area (Å²) in [6.07, 6.45) is -2.53. The first-order valence-electron chi connectivity index (χ1n) is 26.7. The number of carbonyl (C=O) groups is 4. The maximum atomic E-state index is 16.8. The summed E-state index contributed by atoms with van der Waals surface area (Å²) in [7, 11) is 1.25. The van der Waals surface area contributed by atoms with Crippen LogP contribution in [0.3, 0.4) is 0 Å². The number of nitrogens with zero attached hydrogens (tertiary/aromatic N) is 7. The van der Waals surface area contributed by atoms with Gasteiger partial charge in [0.2, 0.25) is 11.8 Å². The fourth-order valence-corrected chi connectivity index (χ4v) is 12.0. The van der Waals surface area contributed by atoms with Gasteiger partial charge in [-0.15, -0.1) is 0 Å². The van der Waals surface area contributed by atoms with E-state index in [2.05, 4.69) is 20.6 Å². The van der Waals surface area contributed by atoms with E-state index in [1.165, 1.54) is 31.4 Å². The predicted molar refractivity (Wildman–Crippen MR) is 283 cm³/mol. The van der Waals surface area contributed by atoms with E-state index in [0.717, 1.165) is 29.7 Å². The average molecular weight is 1080 g/mol. The number of aromatic nitrogens is 4. The minimum Gasteiger partial charge on any atom is -0.465 e. The topological polar surface area (TPSA) is 195 Å². The average Bonchev–Trinajstić information content (AvgIpc) is 4.43. The number of imidazole rings is 2. The molecule has 0 bridgehead atoms. The Bertz CT molecular complexity index is 3190. The van der Waals surface area contributed by atoms with Crippen LogP contribution in [-0.2, 0) is 20.5 Å². The molecule has 22 heteroatoms. The molecule has 6 heterocycles. The van der Waals surface area contributed by atoms with Crippen molar-refractivity contribution < 1.29 is 51.0 Å². The van der Waals surface area contributed by atoms with Gasteiger partial charge in [-0.25, -0.2) is 28.3 Å². The molecule has 4 aliphatic rings. The van der Waals surface area contributed by atoms with Gasteiger partial charge < -0.3 is 54.9 Å². The highest BCUT2D eigenvalue weighted by Crippen LogP contribution is 2.49. The molecule has 6 aromatic rings. The number of amides is 4. The van der Waals surface area contributed by atoms with Gasteiger partial charge in [-0.2, -0.15) is 13.2 Å². The Hall–Kier alpha value is -7.65. The lowest BCUT2D eigenvalue weighted by Crippen LogP contribution is -2.51. The van der Waals surface area contributed by atoms with Crippen molar-refractivity contribution in [1.82, 2.24) is 40.4 Å². The fraction of sp³-hybridized carbons (Fsp3) is 0.464. The summed E-state index contributed by atoms with van der Waals surface area (Å²) >= 11 is 0.